The minimum Gasteiger partial charge on any atom is -0.491 e. The van der Waals surface area contributed by atoms with Crippen LogP contribution in [-0.2, 0) is 10.3 Å². The minimum atomic E-state index is -4.17. The molecule has 1 rings (SSSR count). The van der Waals surface area contributed by atoms with Gasteiger partial charge in [-0.3, -0.25) is 4.55 Å². The van der Waals surface area contributed by atoms with Gasteiger partial charge in [0.1, 0.15) is 12.4 Å². The molecule has 0 atom stereocenters. The van der Waals surface area contributed by atoms with Crippen molar-refractivity contribution in [1.29, 1.82) is 0 Å². The molecule has 0 aliphatic heterocycles. The summed E-state index contributed by atoms with van der Waals surface area (Å²) in [6.45, 7) is 0.326. The van der Waals surface area contributed by atoms with Crippen LogP contribution in [0.25, 0.3) is 0 Å². The molecule has 1 aromatic carbocycles. The number of aliphatic hydroxyl groups excluding tert-OH is 1. The maximum atomic E-state index is 8.97. The van der Waals surface area contributed by atoms with Crippen molar-refractivity contribution in [2.45, 2.75) is 0 Å². The maximum absolute atomic E-state index is 8.97. The molecule has 0 radical (unpaired) electrons. The number of rotatable bonds is 3. The normalized spacial score (nSPS) is 10.2. The Morgan fingerprint density at radius 2 is 2.00 bits per heavy atom. The molecular weight excluding hydrogens is 258 g/mol. The molecule has 92 valence electrons. The summed E-state index contributed by atoms with van der Waals surface area (Å²) in [4.78, 5) is 0. The molecule has 8 heteroatoms. The lowest BCUT2D eigenvalue weighted by molar-refractivity contribution is 0.201. The first-order chi connectivity index (χ1) is 7.33. The summed E-state index contributed by atoms with van der Waals surface area (Å²) in [5.74, 6) is 0.687. The molecule has 1 aromatic rings. The van der Waals surface area contributed by atoms with Crippen molar-refractivity contribution in [3.05, 3.63) is 29.3 Å². The molecule has 0 saturated heterocycles. The second-order valence-electron chi connectivity index (χ2n) is 2.54. The van der Waals surface area contributed by atoms with Gasteiger partial charge in [0, 0.05) is 5.02 Å². The zero-order chi connectivity index (χ0) is 12.6. The maximum Gasteiger partial charge on any atom is 0.330 e. The highest BCUT2D eigenvalue weighted by atomic mass is 35.5. The van der Waals surface area contributed by atoms with E-state index in [2.05, 4.69) is 5.14 Å². The van der Waals surface area contributed by atoms with Gasteiger partial charge in [-0.25, -0.2) is 5.14 Å². The fraction of sp³-hybridized carbons (Fsp3) is 0.250. The molecule has 0 aliphatic rings. The van der Waals surface area contributed by atoms with E-state index in [4.69, 9.17) is 34.4 Å². The Kier molecular flexibility index (Phi) is 7.02. The van der Waals surface area contributed by atoms with Crippen molar-refractivity contribution in [2.24, 2.45) is 5.14 Å². The summed E-state index contributed by atoms with van der Waals surface area (Å²) in [6.07, 6.45) is 0. The quantitative estimate of drug-likeness (QED) is 0.691. The number of hydrogen-bond donors (Lipinski definition) is 3. The van der Waals surface area contributed by atoms with E-state index in [0.717, 1.165) is 0 Å². The molecule has 0 heterocycles. The van der Waals surface area contributed by atoms with Crippen molar-refractivity contribution >= 4 is 21.9 Å². The van der Waals surface area contributed by atoms with E-state index < -0.39 is 10.3 Å². The largest absolute Gasteiger partial charge is 0.491 e. The molecular formula is C8H12ClNO5S. The Morgan fingerprint density at radius 3 is 2.44 bits per heavy atom. The van der Waals surface area contributed by atoms with Gasteiger partial charge in [-0.15, -0.1) is 0 Å². The van der Waals surface area contributed by atoms with Crippen LogP contribution in [0, 0.1) is 0 Å². The van der Waals surface area contributed by atoms with Gasteiger partial charge in [-0.05, 0) is 18.2 Å². The summed E-state index contributed by atoms with van der Waals surface area (Å²) in [6, 6.07) is 7.07. The topological polar surface area (TPSA) is 110 Å². The van der Waals surface area contributed by atoms with Gasteiger partial charge in [0.15, 0.2) is 0 Å². The Labute approximate surface area is 98.5 Å². The van der Waals surface area contributed by atoms with Gasteiger partial charge >= 0.3 is 10.3 Å². The van der Waals surface area contributed by atoms with Crippen molar-refractivity contribution in [1.82, 2.24) is 0 Å². The molecule has 0 amide bonds. The molecule has 0 aromatic heterocycles. The van der Waals surface area contributed by atoms with E-state index in [1.165, 1.54) is 0 Å². The van der Waals surface area contributed by atoms with Gasteiger partial charge < -0.3 is 9.84 Å². The number of ether oxygens (including phenoxy) is 1. The van der Waals surface area contributed by atoms with Crippen LogP contribution in [0.1, 0.15) is 0 Å². The van der Waals surface area contributed by atoms with E-state index in [-0.39, 0.29) is 6.61 Å². The van der Waals surface area contributed by atoms with Crippen LogP contribution < -0.4 is 9.88 Å². The van der Waals surface area contributed by atoms with Crippen LogP contribution >= 0.6 is 11.6 Å². The lowest BCUT2D eigenvalue weighted by Crippen LogP contribution is -2.08. The number of nitrogens with two attached hydrogens (primary N) is 1. The monoisotopic (exact) mass is 269 g/mol. The average molecular weight is 270 g/mol. The fourth-order valence-electron chi connectivity index (χ4n) is 0.720. The third-order valence-corrected chi connectivity index (χ3v) is 1.39. The zero-order valence-corrected chi connectivity index (χ0v) is 9.78. The van der Waals surface area contributed by atoms with Gasteiger partial charge in [0.05, 0.1) is 6.61 Å². The molecule has 6 nitrogen and oxygen atoms in total. The van der Waals surface area contributed by atoms with Gasteiger partial charge in [-0.2, -0.15) is 8.42 Å². The van der Waals surface area contributed by atoms with Crippen molar-refractivity contribution in [3.8, 4) is 5.75 Å². The van der Waals surface area contributed by atoms with Crippen LogP contribution in [0.4, 0.5) is 0 Å². The smallest absolute Gasteiger partial charge is 0.330 e. The van der Waals surface area contributed by atoms with Crippen molar-refractivity contribution in [2.75, 3.05) is 13.2 Å². The SMILES string of the molecule is NS(=O)(=O)O.OCCOc1cccc(Cl)c1. The summed E-state index contributed by atoms with van der Waals surface area (Å²) in [5.41, 5.74) is 0. The van der Waals surface area contributed by atoms with Gasteiger partial charge in [0.25, 0.3) is 0 Å². The van der Waals surface area contributed by atoms with E-state index in [1.807, 2.05) is 0 Å². The number of hydrogen-bond acceptors (Lipinski definition) is 4. The van der Waals surface area contributed by atoms with Crippen molar-refractivity contribution < 1.29 is 22.8 Å². The zero-order valence-electron chi connectivity index (χ0n) is 8.21. The molecule has 0 spiro atoms. The van der Waals surface area contributed by atoms with Crippen LogP contribution in [0.2, 0.25) is 5.02 Å². The molecule has 0 unspecified atom stereocenters. The third kappa shape index (κ3) is 11.2. The van der Waals surface area contributed by atoms with E-state index >= 15 is 0 Å². The Hall–Kier alpha value is -0.860. The highest BCUT2D eigenvalue weighted by Gasteiger charge is 1.92. The first-order valence-corrected chi connectivity index (χ1v) is 5.95. The number of halogens is 1. The second-order valence-corrected chi connectivity index (χ2v) is 4.01. The third-order valence-electron chi connectivity index (χ3n) is 1.16. The van der Waals surface area contributed by atoms with Gasteiger partial charge in [-0.1, -0.05) is 17.7 Å². The van der Waals surface area contributed by atoms with Crippen molar-refractivity contribution in [3.63, 3.8) is 0 Å². The number of benzene rings is 1. The Morgan fingerprint density at radius 1 is 1.44 bits per heavy atom. The number of aliphatic hydroxyl groups is 1. The minimum absolute atomic E-state index is 0.0204. The molecule has 4 N–H and O–H groups in total. The van der Waals surface area contributed by atoms with Crippen LogP contribution in [-0.4, -0.2) is 31.3 Å². The highest BCUT2D eigenvalue weighted by molar-refractivity contribution is 7.83. The Bertz CT molecular complexity index is 401. The van der Waals surface area contributed by atoms with Crippen LogP contribution in [0.5, 0.6) is 5.75 Å². The molecule has 0 bridgehead atoms. The highest BCUT2D eigenvalue weighted by Crippen LogP contribution is 2.16. The van der Waals surface area contributed by atoms with Crippen LogP contribution in [0.3, 0.4) is 0 Å². The van der Waals surface area contributed by atoms with E-state index in [0.29, 0.717) is 17.4 Å². The molecule has 0 saturated carbocycles. The molecule has 0 aliphatic carbocycles. The first kappa shape index (κ1) is 15.1. The summed E-state index contributed by atoms with van der Waals surface area (Å²) in [5, 5.41) is 13.0. The Balaban J connectivity index is 0.000000385. The van der Waals surface area contributed by atoms with E-state index in [9.17, 15) is 0 Å². The van der Waals surface area contributed by atoms with E-state index in [1.54, 1.807) is 24.3 Å². The molecule has 16 heavy (non-hydrogen) atoms. The first-order valence-electron chi connectivity index (χ1n) is 4.07. The lowest BCUT2D eigenvalue weighted by Gasteiger charge is -2.02. The summed E-state index contributed by atoms with van der Waals surface area (Å²) in [7, 11) is -4.17. The second kappa shape index (κ2) is 7.42. The summed E-state index contributed by atoms with van der Waals surface area (Å²) >= 11 is 5.68. The summed E-state index contributed by atoms with van der Waals surface area (Å²) < 4.78 is 30.3. The van der Waals surface area contributed by atoms with Gasteiger partial charge in [0.2, 0.25) is 0 Å². The predicted octanol–water partition coefficient (Wildman–Crippen LogP) is 0.459. The fourth-order valence-corrected chi connectivity index (χ4v) is 0.901. The molecule has 0 fully saturated rings. The lowest BCUT2D eigenvalue weighted by atomic mass is 10.3. The average Bonchev–Trinajstić information content (AvgIpc) is 2.12. The van der Waals surface area contributed by atoms with Crippen LogP contribution in [0.15, 0.2) is 24.3 Å². The predicted molar refractivity (Wildman–Crippen MR) is 59.8 cm³/mol. The standard InChI is InChI=1S/C8H9ClO2.H3NO3S/c9-7-2-1-3-8(6-7)11-5-4-10;1-5(2,3)4/h1-3,6,10H,4-5H2;(H3,1,2,3,4).